The molecule has 25 heteroatoms. The van der Waals surface area contributed by atoms with Gasteiger partial charge < -0.3 is 69.1 Å². The van der Waals surface area contributed by atoms with Crippen molar-refractivity contribution < 1.29 is 63.0 Å². The van der Waals surface area contributed by atoms with Crippen LogP contribution in [-0.2, 0) is 59.2 Å². The number of aromatic hydroxyl groups is 1. The van der Waals surface area contributed by atoms with E-state index in [0.29, 0.717) is 31.2 Å². The normalized spacial score (nSPS) is 24.7. The van der Waals surface area contributed by atoms with Crippen molar-refractivity contribution in [2.75, 3.05) is 33.7 Å². The van der Waals surface area contributed by atoms with Gasteiger partial charge in [0, 0.05) is 39.4 Å². The molecule has 1 aromatic carbocycles. The molecule has 11 amide bonds. The number of rotatable bonds is 20. The molecule has 1 aliphatic carbocycles. The molecule has 72 heavy (non-hydrogen) atoms. The Morgan fingerprint density at radius 2 is 1.44 bits per heavy atom. The number of phenolic OH excluding ortho intramolecular Hbond substituents is 1. The maximum Gasteiger partial charge on any atom is 0.243 e. The van der Waals surface area contributed by atoms with Gasteiger partial charge in [-0.05, 0) is 74.0 Å². The first-order valence-electron chi connectivity index (χ1n) is 24.2. The van der Waals surface area contributed by atoms with Gasteiger partial charge in [-0.15, -0.1) is 0 Å². The quantitative estimate of drug-likeness (QED) is 0.0597. The summed E-state index contributed by atoms with van der Waals surface area (Å²) >= 11 is 0. The first-order valence-corrected chi connectivity index (χ1v) is 24.2. The van der Waals surface area contributed by atoms with Crippen molar-refractivity contribution in [2.24, 2.45) is 40.9 Å². The summed E-state index contributed by atoms with van der Waals surface area (Å²) in [6, 6.07) is -2.25. The van der Waals surface area contributed by atoms with Gasteiger partial charge in [-0.3, -0.25) is 58.1 Å². The number of β-amino-alcohol motifs (C(OH)–C–C–N with tert-alkyl or cyclic N) is 1. The van der Waals surface area contributed by atoms with E-state index >= 15 is 0 Å². The molecule has 5 unspecified atom stereocenters. The first-order chi connectivity index (χ1) is 33.8. The largest absolute Gasteiger partial charge is 0.508 e. The third kappa shape index (κ3) is 19.4. The highest BCUT2D eigenvalue weighted by molar-refractivity contribution is 5.98. The first kappa shape index (κ1) is 59.4. The van der Waals surface area contributed by atoms with Crippen molar-refractivity contribution in [3.8, 4) is 5.75 Å². The predicted octanol–water partition coefficient (Wildman–Crippen LogP) is -3.79. The highest BCUT2D eigenvalue weighted by Gasteiger charge is 2.44. The van der Waals surface area contributed by atoms with Crippen LogP contribution in [0.25, 0.3) is 0 Å². The number of hydrogen-bond donors (Lipinski definition) is 12. The number of likely N-dealkylation sites (N-methyl/N-ethyl adjacent to an activating group) is 2. The molecule has 25 nitrogen and oxygen atoms in total. The van der Waals surface area contributed by atoms with Gasteiger partial charge >= 0.3 is 0 Å². The fourth-order valence-electron chi connectivity index (χ4n) is 8.32. The summed E-state index contributed by atoms with van der Waals surface area (Å²) in [6.07, 6.45) is -2.53. The minimum atomic E-state index is -1.75. The third-order valence-electron chi connectivity index (χ3n) is 12.6. The minimum Gasteiger partial charge on any atom is -0.508 e. The van der Waals surface area contributed by atoms with Gasteiger partial charge in [-0.1, -0.05) is 46.2 Å². The molecule has 0 bridgehead atoms. The van der Waals surface area contributed by atoms with Gasteiger partial charge in [0.1, 0.15) is 42.2 Å². The van der Waals surface area contributed by atoms with Crippen molar-refractivity contribution in [3.63, 3.8) is 0 Å². The van der Waals surface area contributed by atoms with Gasteiger partial charge in [0.05, 0.1) is 25.6 Å². The zero-order chi connectivity index (χ0) is 54.0. The van der Waals surface area contributed by atoms with Crippen molar-refractivity contribution in [1.29, 1.82) is 0 Å². The molecule has 1 saturated heterocycles. The summed E-state index contributed by atoms with van der Waals surface area (Å²) in [6.45, 7) is 6.41. The molecule has 1 saturated carbocycles. The van der Waals surface area contributed by atoms with E-state index in [-0.39, 0.29) is 56.4 Å². The molecule has 10 atom stereocenters. The highest BCUT2D eigenvalue weighted by atomic mass is 16.3. The van der Waals surface area contributed by atoms with Crippen molar-refractivity contribution >= 4 is 65.0 Å². The number of carbonyl (C=O) groups excluding carboxylic acids is 11. The summed E-state index contributed by atoms with van der Waals surface area (Å²) in [4.78, 5) is 148. The zero-order valence-electron chi connectivity index (χ0n) is 41.9. The van der Waals surface area contributed by atoms with Crippen LogP contribution in [0.4, 0.5) is 0 Å². The lowest BCUT2D eigenvalue weighted by atomic mass is 9.95. The molecular formula is C47H74N12O13. The van der Waals surface area contributed by atoms with Gasteiger partial charge in [0.15, 0.2) is 0 Å². The molecule has 1 aliphatic heterocycles. The van der Waals surface area contributed by atoms with Gasteiger partial charge in [-0.25, -0.2) is 0 Å². The third-order valence-corrected chi connectivity index (χ3v) is 12.6. The monoisotopic (exact) mass is 1010 g/mol. The van der Waals surface area contributed by atoms with Crippen molar-refractivity contribution in [3.05, 3.63) is 29.8 Å². The molecule has 2 aliphatic rings. The predicted molar refractivity (Wildman–Crippen MR) is 258 cm³/mol. The molecule has 0 aromatic heterocycles. The fraction of sp³-hybridized carbons (Fsp3) is 0.638. The van der Waals surface area contributed by atoms with Crippen LogP contribution < -0.4 is 54.4 Å². The lowest BCUT2D eigenvalue weighted by molar-refractivity contribution is -0.144. The standard InChI is InChI=1S/C47H74N12O13/c1-7-25(4)40-46(71)55-31(12-14-35(48)61)44(69)57-33(21-36(49)62)45(70)54-30(42(67)51-17-16-27-20-29(27)41(66)56-32(18-24(2)3)43(68)52-22-37(50)63)13-15-39(65)58(5)23-38(64)53-34(47(72)59(40)6)19-26-8-10-28(60)11-9-26/h8-11,24-25,27,29-34,38,40,53,60,64H,7,12-23H2,1-6H3,(H2,48,61)(H2,49,62)(H2,50,63)(H,51,67)(H,52,68)(H,54,70)(H,55,71)(H,56,66)(H,57,69)/t25?,27?,29?,30-,31-,32-,33-,34-,38?,40?/m0/s1. The van der Waals surface area contributed by atoms with E-state index in [0.717, 1.165) is 9.80 Å². The second-order valence-corrected chi connectivity index (χ2v) is 19.1. The van der Waals surface area contributed by atoms with Crippen LogP contribution in [0.1, 0.15) is 91.0 Å². The molecule has 3 rings (SSSR count). The van der Waals surface area contributed by atoms with Crippen LogP contribution in [0.15, 0.2) is 24.3 Å². The maximum atomic E-state index is 14.4. The van der Waals surface area contributed by atoms with E-state index in [4.69, 9.17) is 17.2 Å². The SMILES string of the molecule is CCC(C)C1C(=O)N[C@@H](CCC(N)=O)C(=O)N[C@@H](CC(N)=O)C(=O)N[C@H](C(=O)NCCC2CC2C(=O)N[C@@H](CC(C)C)C(=O)NCC(N)=O)CCC(=O)N(C)CC(O)N[C@@H](Cc2ccc(O)cc2)C(=O)N1C. The molecule has 0 radical (unpaired) electrons. The smallest absolute Gasteiger partial charge is 0.243 e. The number of amides is 11. The van der Waals surface area contributed by atoms with E-state index in [1.165, 1.54) is 26.2 Å². The second-order valence-electron chi connectivity index (χ2n) is 19.1. The summed E-state index contributed by atoms with van der Waals surface area (Å²) in [5, 5.41) is 39.4. The Labute approximate surface area is 418 Å². The van der Waals surface area contributed by atoms with Crippen LogP contribution in [-0.4, -0.2) is 161 Å². The van der Waals surface area contributed by atoms with Crippen molar-refractivity contribution in [2.45, 2.75) is 134 Å². The highest BCUT2D eigenvalue weighted by Crippen LogP contribution is 2.41. The number of aliphatic hydroxyl groups excluding tert-OH is 1. The number of nitrogens with two attached hydrogens (primary N) is 3. The Kier molecular flexibility index (Phi) is 23.3. The molecule has 15 N–H and O–H groups in total. The summed E-state index contributed by atoms with van der Waals surface area (Å²) in [5.74, 6) is -9.84. The van der Waals surface area contributed by atoms with E-state index in [9.17, 15) is 63.0 Å². The number of nitrogens with one attached hydrogen (secondary N) is 7. The second kappa shape index (κ2) is 28.2. The summed E-state index contributed by atoms with van der Waals surface area (Å²) in [5.41, 5.74) is 16.6. The van der Waals surface area contributed by atoms with E-state index < -0.39 is 139 Å². The number of carbonyl (C=O) groups is 11. The molecule has 1 aromatic rings. The Morgan fingerprint density at radius 3 is 2.04 bits per heavy atom. The lowest BCUT2D eigenvalue weighted by Gasteiger charge is -2.36. The van der Waals surface area contributed by atoms with E-state index in [1.54, 1.807) is 26.0 Å². The number of benzene rings is 1. The number of phenols is 1. The fourth-order valence-corrected chi connectivity index (χ4v) is 8.32. The van der Waals surface area contributed by atoms with Crippen LogP contribution in [0.5, 0.6) is 5.75 Å². The molecule has 400 valence electrons. The van der Waals surface area contributed by atoms with Crippen LogP contribution in [0.3, 0.4) is 0 Å². The Balaban J connectivity index is 1.94. The average Bonchev–Trinajstić information content (AvgIpc) is 4.09. The van der Waals surface area contributed by atoms with E-state index in [1.807, 2.05) is 13.8 Å². The van der Waals surface area contributed by atoms with Gasteiger partial charge in [0.25, 0.3) is 0 Å². The lowest BCUT2D eigenvalue weighted by Crippen LogP contribution is -2.61. The minimum absolute atomic E-state index is 0.000560. The Hall–Kier alpha value is -6.89. The van der Waals surface area contributed by atoms with Crippen LogP contribution in [0.2, 0.25) is 0 Å². The Morgan fingerprint density at radius 1 is 0.806 bits per heavy atom. The number of hydrogen-bond acceptors (Lipinski definition) is 14. The molecule has 1 heterocycles. The van der Waals surface area contributed by atoms with Gasteiger partial charge in [-0.2, -0.15) is 0 Å². The average molecular weight is 1020 g/mol. The Bertz CT molecular complexity index is 2130. The zero-order valence-corrected chi connectivity index (χ0v) is 41.9. The maximum absolute atomic E-state index is 14.4. The van der Waals surface area contributed by atoms with Crippen LogP contribution in [0, 0.1) is 23.7 Å². The molecule has 0 spiro atoms. The number of primary amides is 3. The molecule has 2 fully saturated rings. The topological polar surface area (TPSA) is 397 Å². The van der Waals surface area contributed by atoms with Gasteiger partial charge in [0.2, 0.25) is 65.0 Å². The van der Waals surface area contributed by atoms with Crippen molar-refractivity contribution in [1.82, 2.24) is 47.0 Å². The van der Waals surface area contributed by atoms with Crippen LogP contribution >= 0.6 is 0 Å². The number of nitrogens with zero attached hydrogens (tertiary/aromatic N) is 2. The summed E-state index contributed by atoms with van der Waals surface area (Å²) in [7, 11) is 2.73. The summed E-state index contributed by atoms with van der Waals surface area (Å²) < 4.78 is 0. The van der Waals surface area contributed by atoms with E-state index in [2.05, 4.69) is 37.2 Å². The molecular weight excluding hydrogens is 941 g/mol. The number of aliphatic hydroxyl groups is 1.